The van der Waals surface area contributed by atoms with E-state index < -0.39 is 0 Å². The maximum absolute atomic E-state index is 13.3. The molecule has 1 aromatic carbocycles. The molecule has 0 saturated heterocycles. The molecular weight excluding hydrogens is 376 g/mol. The first-order chi connectivity index (χ1) is 14.3. The van der Waals surface area contributed by atoms with Gasteiger partial charge in [-0.1, -0.05) is 24.6 Å². The number of nitrogens with zero attached hydrogens (tertiary/aromatic N) is 3. The molecule has 1 heterocycles. The van der Waals surface area contributed by atoms with Crippen molar-refractivity contribution in [2.75, 3.05) is 11.9 Å². The Hall–Kier alpha value is -2.76. The predicted octanol–water partition coefficient (Wildman–Crippen LogP) is 4.47. The highest BCUT2D eigenvalue weighted by Gasteiger charge is 2.34. The van der Waals surface area contributed by atoms with Crippen LogP contribution in [-0.2, 0) is 18.4 Å². The zero-order valence-electron chi connectivity index (χ0n) is 18.8. The lowest BCUT2D eigenvalue weighted by Gasteiger charge is -2.31. The third-order valence-electron chi connectivity index (χ3n) is 6.00. The van der Waals surface area contributed by atoms with E-state index in [1.54, 1.807) is 4.90 Å². The predicted molar refractivity (Wildman–Crippen MR) is 120 cm³/mol. The molecule has 30 heavy (non-hydrogen) atoms. The first-order valence-electron chi connectivity index (χ1n) is 10.8. The average molecular weight is 411 g/mol. The van der Waals surface area contributed by atoms with Crippen molar-refractivity contribution in [1.82, 2.24) is 14.4 Å². The molecule has 1 aliphatic rings. The molecule has 1 N–H and O–H groups in total. The zero-order chi connectivity index (χ0) is 21.8. The van der Waals surface area contributed by atoms with E-state index in [-0.39, 0.29) is 30.6 Å². The van der Waals surface area contributed by atoms with E-state index in [4.69, 9.17) is 0 Å². The van der Waals surface area contributed by atoms with E-state index >= 15 is 0 Å². The van der Waals surface area contributed by atoms with Gasteiger partial charge in [-0.15, -0.1) is 0 Å². The number of aromatic nitrogens is 1. The number of rotatable bonds is 8. The van der Waals surface area contributed by atoms with Gasteiger partial charge in [0.2, 0.25) is 5.91 Å². The summed E-state index contributed by atoms with van der Waals surface area (Å²) in [5.74, 6) is 0.00905. The van der Waals surface area contributed by atoms with Gasteiger partial charge < -0.3 is 19.7 Å². The summed E-state index contributed by atoms with van der Waals surface area (Å²) in [5.41, 5.74) is 4.06. The Bertz CT molecular complexity index is 900. The Kier molecular flexibility index (Phi) is 6.85. The molecule has 162 valence electrons. The number of anilines is 1. The summed E-state index contributed by atoms with van der Waals surface area (Å²) < 4.78 is 2.04. The number of carbonyl (C=O) groups is 2. The quantitative estimate of drug-likeness (QED) is 0.698. The van der Waals surface area contributed by atoms with Crippen LogP contribution in [0.1, 0.15) is 49.9 Å². The number of urea groups is 1. The Morgan fingerprint density at radius 2 is 1.97 bits per heavy atom. The van der Waals surface area contributed by atoms with Gasteiger partial charge in [-0.2, -0.15) is 0 Å². The Morgan fingerprint density at radius 1 is 1.23 bits per heavy atom. The summed E-state index contributed by atoms with van der Waals surface area (Å²) in [4.78, 5) is 30.0. The highest BCUT2D eigenvalue weighted by Crippen LogP contribution is 2.29. The largest absolute Gasteiger partial charge is 0.353 e. The van der Waals surface area contributed by atoms with E-state index in [0.717, 1.165) is 41.8 Å². The monoisotopic (exact) mass is 410 g/mol. The number of benzene rings is 1. The Balaban J connectivity index is 1.73. The average Bonchev–Trinajstić information content (AvgIpc) is 3.47. The lowest BCUT2D eigenvalue weighted by atomic mass is 10.1. The first kappa shape index (κ1) is 21.9. The molecule has 3 rings (SSSR count). The van der Waals surface area contributed by atoms with Crippen LogP contribution in [0.3, 0.4) is 0 Å². The summed E-state index contributed by atoms with van der Waals surface area (Å²) in [6.45, 7) is 8.72. The summed E-state index contributed by atoms with van der Waals surface area (Å²) in [6, 6.07) is 10.0. The summed E-state index contributed by atoms with van der Waals surface area (Å²) >= 11 is 0. The van der Waals surface area contributed by atoms with Crippen molar-refractivity contribution in [2.24, 2.45) is 7.05 Å². The van der Waals surface area contributed by atoms with Gasteiger partial charge in [0.15, 0.2) is 0 Å². The van der Waals surface area contributed by atoms with Crippen molar-refractivity contribution in [3.8, 4) is 0 Å². The number of amides is 3. The van der Waals surface area contributed by atoms with Gasteiger partial charge in [0.25, 0.3) is 0 Å². The molecule has 3 amide bonds. The topological polar surface area (TPSA) is 57.6 Å². The third kappa shape index (κ3) is 5.23. The molecule has 6 nitrogen and oxygen atoms in total. The molecule has 0 radical (unpaired) electrons. The zero-order valence-corrected chi connectivity index (χ0v) is 18.8. The minimum Gasteiger partial charge on any atom is -0.353 e. The fourth-order valence-electron chi connectivity index (χ4n) is 3.67. The SMILES string of the molecule is CC[C@@H](C)N(CC(=O)N(Cc1cccn1C)C1CC1)C(=O)Nc1ccc(C)cc1C. The third-order valence-corrected chi connectivity index (χ3v) is 6.00. The maximum Gasteiger partial charge on any atom is 0.322 e. The lowest BCUT2D eigenvalue weighted by Crippen LogP contribution is -2.48. The van der Waals surface area contributed by atoms with Crippen LogP contribution in [0.5, 0.6) is 0 Å². The number of nitrogens with one attached hydrogen (secondary N) is 1. The number of carbonyl (C=O) groups excluding carboxylic acids is 2. The molecule has 0 spiro atoms. The smallest absolute Gasteiger partial charge is 0.322 e. The van der Waals surface area contributed by atoms with E-state index in [0.29, 0.717) is 6.54 Å². The van der Waals surface area contributed by atoms with Gasteiger partial charge >= 0.3 is 6.03 Å². The molecule has 0 unspecified atom stereocenters. The molecule has 6 heteroatoms. The Morgan fingerprint density at radius 3 is 2.53 bits per heavy atom. The van der Waals surface area contributed by atoms with Gasteiger partial charge in [0.05, 0.1) is 6.54 Å². The molecule has 0 aliphatic heterocycles. The minimum absolute atomic E-state index is 0.00905. The van der Waals surface area contributed by atoms with Gasteiger partial charge in [0, 0.05) is 36.7 Å². The minimum atomic E-state index is -0.223. The maximum atomic E-state index is 13.3. The molecule has 1 saturated carbocycles. The normalized spacial score (nSPS) is 14.3. The standard InChI is InChI=1S/C24H34N4O2/c1-6-19(4)27(24(30)25-22-12-9-17(2)14-18(22)3)16-23(29)28(20-10-11-20)15-21-8-7-13-26(21)5/h7-9,12-14,19-20H,6,10-11,15-16H2,1-5H3,(H,25,30)/t19-/m1/s1. The summed E-state index contributed by atoms with van der Waals surface area (Å²) in [6.07, 6.45) is 4.85. The van der Waals surface area contributed by atoms with Crippen LogP contribution in [0.2, 0.25) is 0 Å². The van der Waals surface area contributed by atoms with Gasteiger partial charge in [-0.05, 0) is 63.8 Å². The van der Waals surface area contributed by atoms with E-state index in [9.17, 15) is 9.59 Å². The summed E-state index contributed by atoms with van der Waals surface area (Å²) in [7, 11) is 1.99. The van der Waals surface area contributed by atoms with E-state index in [1.165, 1.54) is 0 Å². The lowest BCUT2D eigenvalue weighted by molar-refractivity contribution is -0.133. The molecule has 1 aromatic heterocycles. The summed E-state index contributed by atoms with van der Waals surface area (Å²) in [5, 5.41) is 3.01. The van der Waals surface area contributed by atoms with Crippen molar-refractivity contribution in [1.29, 1.82) is 0 Å². The second kappa shape index (κ2) is 9.37. The fourth-order valence-corrected chi connectivity index (χ4v) is 3.67. The molecule has 0 bridgehead atoms. The fraction of sp³-hybridized carbons (Fsp3) is 0.500. The van der Waals surface area contributed by atoms with Crippen molar-refractivity contribution in [2.45, 2.75) is 65.6 Å². The van der Waals surface area contributed by atoms with Crippen molar-refractivity contribution >= 4 is 17.6 Å². The van der Waals surface area contributed by atoms with Crippen LogP contribution in [-0.4, -0.2) is 44.9 Å². The molecule has 2 aromatic rings. The van der Waals surface area contributed by atoms with E-state index in [2.05, 4.69) is 5.32 Å². The Labute approximate surface area is 179 Å². The molecule has 1 fully saturated rings. The highest BCUT2D eigenvalue weighted by molar-refractivity contribution is 5.93. The van der Waals surface area contributed by atoms with E-state index in [1.807, 2.05) is 80.7 Å². The van der Waals surface area contributed by atoms with Crippen molar-refractivity contribution in [3.05, 3.63) is 53.3 Å². The number of hydrogen-bond acceptors (Lipinski definition) is 2. The number of aryl methyl sites for hydroxylation is 3. The van der Waals surface area contributed by atoms with Gasteiger partial charge in [0.1, 0.15) is 6.54 Å². The molecule has 1 atom stereocenters. The van der Waals surface area contributed by atoms with Gasteiger partial charge in [-0.25, -0.2) is 4.79 Å². The van der Waals surface area contributed by atoms with Crippen LogP contribution >= 0.6 is 0 Å². The van der Waals surface area contributed by atoms with Crippen LogP contribution in [0.15, 0.2) is 36.5 Å². The second-order valence-electron chi connectivity index (χ2n) is 8.50. The van der Waals surface area contributed by atoms with Crippen molar-refractivity contribution in [3.63, 3.8) is 0 Å². The van der Waals surface area contributed by atoms with Crippen LogP contribution in [0.4, 0.5) is 10.5 Å². The molecular formula is C24H34N4O2. The van der Waals surface area contributed by atoms with Crippen LogP contribution in [0.25, 0.3) is 0 Å². The van der Waals surface area contributed by atoms with Crippen LogP contribution in [0, 0.1) is 13.8 Å². The molecule has 1 aliphatic carbocycles. The van der Waals surface area contributed by atoms with Gasteiger partial charge in [-0.3, -0.25) is 4.79 Å². The van der Waals surface area contributed by atoms with Crippen LogP contribution < -0.4 is 5.32 Å². The number of hydrogen-bond donors (Lipinski definition) is 1. The van der Waals surface area contributed by atoms with Crippen molar-refractivity contribution < 1.29 is 9.59 Å². The second-order valence-corrected chi connectivity index (χ2v) is 8.50. The first-order valence-corrected chi connectivity index (χ1v) is 10.8. The highest BCUT2D eigenvalue weighted by atomic mass is 16.2.